The topological polar surface area (TPSA) is 431 Å². The van der Waals surface area contributed by atoms with Crippen molar-refractivity contribution in [1.82, 2.24) is 46.1 Å². The molecule has 380 valence electrons. The number of aromatic nitrogens is 4. The molecule has 27 nitrogen and oxygen atoms in total. The monoisotopic (exact) mass is 993 g/mol. The van der Waals surface area contributed by atoms with Gasteiger partial charge in [-0.1, -0.05) is 25.5 Å². The van der Waals surface area contributed by atoms with Crippen molar-refractivity contribution in [2.24, 2.45) is 22.1 Å². The zero-order chi connectivity index (χ0) is 52.6. The van der Waals surface area contributed by atoms with E-state index in [-0.39, 0.29) is 113 Å². The van der Waals surface area contributed by atoms with Crippen molar-refractivity contribution in [3.05, 3.63) is 77.1 Å². The number of unbranched alkanes of at least 4 members (excludes halogenated alkanes) is 2. The van der Waals surface area contributed by atoms with Crippen LogP contribution in [-0.4, -0.2) is 119 Å². The van der Waals surface area contributed by atoms with Gasteiger partial charge in [-0.05, 0) is 74.9 Å². The fraction of sp³-hybridized carbons (Fsp3) is 0.356. The van der Waals surface area contributed by atoms with Crippen LogP contribution in [0, 0.1) is 11.3 Å². The van der Waals surface area contributed by atoms with E-state index >= 15 is 0 Å². The third kappa shape index (κ3) is 14.7. The zero-order valence-electron chi connectivity index (χ0n) is 39.4. The lowest BCUT2D eigenvalue weighted by Gasteiger charge is -2.24. The number of imide groups is 1. The molecule has 27 heteroatoms. The lowest BCUT2D eigenvalue weighted by atomic mass is 10.0. The molecule has 2 aromatic heterocycles. The number of amides is 7. The molecule has 0 fully saturated rings. The SMILES string of the molecule is CC(C)[C@H](NC(=O)CCCCCN1C(=O)C=CC1=O)C(=O)N[C@@H](C)C(=O)Nc1ccc(C(=O)NCCC[C@H](NC(=O)c2ccc(NCc3cnc4nc(N)nc(N)c4n3)c(O)c2)C(=O)O)c(C(=N)/N=N\N)c1. The van der Waals surface area contributed by atoms with Crippen molar-refractivity contribution in [2.75, 3.05) is 35.2 Å². The lowest BCUT2D eigenvalue weighted by molar-refractivity contribution is -0.139. The maximum absolute atomic E-state index is 13.4. The number of carbonyl (C=O) groups is 8. The minimum Gasteiger partial charge on any atom is -0.506 e. The third-order valence-electron chi connectivity index (χ3n) is 10.9. The fourth-order valence-corrected chi connectivity index (χ4v) is 7.09. The number of anilines is 4. The van der Waals surface area contributed by atoms with Gasteiger partial charge in [-0.3, -0.25) is 43.9 Å². The Kier molecular flexibility index (Phi) is 18.6. The molecule has 0 radical (unpaired) electrons. The van der Waals surface area contributed by atoms with Crippen LogP contribution in [0.2, 0.25) is 0 Å². The Labute approximate surface area is 410 Å². The Morgan fingerprint density at radius 3 is 2.26 bits per heavy atom. The van der Waals surface area contributed by atoms with Crippen LogP contribution < -0.4 is 49.2 Å². The Hall–Kier alpha value is -9.17. The first-order valence-corrected chi connectivity index (χ1v) is 22.5. The van der Waals surface area contributed by atoms with Crippen LogP contribution in [0.5, 0.6) is 5.75 Å². The summed E-state index contributed by atoms with van der Waals surface area (Å²) in [6.07, 6.45) is 5.40. The molecule has 2 aromatic carbocycles. The molecule has 72 heavy (non-hydrogen) atoms. The molecule has 4 aromatic rings. The number of hydrogen-bond donors (Lipinski definition) is 12. The molecule has 5 rings (SSSR count). The maximum atomic E-state index is 13.4. The van der Waals surface area contributed by atoms with Gasteiger partial charge in [-0.15, -0.1) is 5.11 Å². The summed E-state index contributed by atoms with van der Waals surface area (Å²) in [5.41, 5.74) is 12.5. The Morgan fingerprint density at radius 1 is 0.847 bits per heavy atom. The van der Waals surface area contributed by atoms with Crippen molar-refractivity contribution >= 4 is 87.5 Å². The van der Waals surface area contributed by atoms with Gasteiger partial charge in [0.05, 0.1) is 29.7 Å². The number of nitrogens with one attached hydrogen (secondary N) is 7. The zero-order valence-corrected chi connectivity index (χ0v) is 39.4. The van der Waals surface area contributed by atoms with Gasteiger partial charge in [0.25, 0.3) is 23.6 Å². The van der Waals surface area contributed by atoms with E-state index in [1.165, 1.54) is 55.6 Å². The summed E-state index contributed by atoms with van der Waals surface area (Å²) in [6, 6.07) is 4.39. The number of carbonyl (C=O) groups excluding carboxylic acids is 7. The molecule has 3 atom stereocenters. The highest BCUT2D eigenvalue weighted by Gasteiger charge is 2.28. The van der Waals surface area contributed by atoms with E-state index in [1.807, 2.05) is 0 Å². The average molecular weight is 994 g/mol. The second kappa shape index (κ2) is 24.9. The van der Waals surface area contributed by atoms with E-state index < -0.39 is 59.5 Å². The largest absolute Gasteiger partial charge is 0.506 e. The van der Waals surface area contributed by atoms with Gasteiger partial charge in [0.15, 0.2) is 22.8 Å². The van der Waals surface area contributed by atoms with Crippen molar-refractivity contribution in [1.29, 1.82) is 5.41 Å². The van der Waals surface area contributed by atoms with Crippen LogP contribution in [0.25, 0.3) is 11.2 Å². The average Bonchev–Trinajstić information content (AvgIpc) is 3.65. The number of hydrogen-bond acceptors (Lipinski definition) is 18. The fourth-order valence-electron chi connectivity index (χ4n) is 7.09. The Morgan fingerprint density at radius 2 is 1.58 bits per heavy atom. The number of amidine groups is 1. The van der Waals surface area contributed by atoms with Crippen LogP contribution in [-0.2, 0) is 35.3 Å². The number of nitrogens with two attached hydrogens (primary N) is 3. The van der Waals surface area contributed by atoms with Crippen molar-refractivity contribution in [2.45, 2.75) is 84.0 Å². The standard InChI is InChI=1S/C45H55N17O10/c1-22(2)35(57-32(64)9-5-4-6-17-62-33(65)14-15-34(62)66)43(70)53-23(3)40(67)55-25-11-12-27(28(19-25)37(46)60-61-49)42(69)50-16-7-8-30(44(71)72)56-41(68)24-10-13-29(31(63)18-24)51-20-26-21-52-39-36(54-26)38(47)58-45(48)59-39/h10-15,18-19,21-23,30,35,51,63H,4-9,16-17,20H2,1-3H3,(H,50,69)(H,53,70)(H,55,67)(H,56,68)(H,57,64)(H,71,72)(H3,46,49,60)(H4,47,48,52,58,59)/t23-,30-,35-/m0/s1. The molecule has 1 aliphatic heterocycles. The van der Waals surface area contributed by atoms with Gasteiger partial charge < -0.3 is 59.4 Å². The molecule has 0 bridgehead atoms. The summed E-state index contributed by atoms with van der Waals surface area (Å²) in [4.78, 5) is 119. The quantitative estimate of drug-likeness (QED) is 0.00681. The summed E-state index contributed by atoms with van der Waals surface area (Å²) in [5.74, 6) is -1.32. The number of aliphatic carboxylic acids is 1. The normalized spacial score (nSPS) is 13.4. The van der Waals surface area contributed by atoms with Gasteiger partial charge in [-0.25, -0.2) is 14.8 Å². The molecule has 0 saturated heterocycles. The van der Waals surface area contributed by atoms with E-state index in [0.29, 0.717) is 25.0 Å². The van der Waals surface area contributed by atoms with Crippen LogP contribution in [0.3, 0.4) is 0 Å². The summed E-state index contributed by atoms with van der Waals surface area (Å²) >= 11 is 0. The van der Waals surface area contributed by atoms with Crippen molar-refractivity contribution in [3.63, 3.8) is 0 Å². The van der Waals surface area contributed by atoms with Gasteiger partial charge >= 0.3 is 5.97 Å². The molecule has 7 amide bonds. The molecule has 3 heterocycles. The molecule has 0 unspecified atom stereocenters. The van der Waals surface area contributed by atoms with Gasteiger partial charge in [0.1, 0.15) is 23.9 Å². The van der Waals surface area contributed by atoms with Gasteiger partial charge in [0, 0.05) is 48.5 Å². The number of carboxylic acids is 1. The van der Waals surface area contributed by atoms with Crippen molar-refractivity contribution < 1.29 is 48.6 Å². The number of nitrogens with zero attached hydrogens (tertiary/aromatic N) is 7. The van der Waals surface area contributed by atoms with E-state index in [1.54, 1.807) is 13.8 Å². The number of benzene rings is 2. The molecular formula is C45H55N17O10. The second-order valence-electron chi connectivity index (χ2n) is 16.7. The highest BCUT2D eigenvalue weighted by molar-refractivity contribution is 6.13. The number of rotatable bonds is 24. The molecule has 1 aliphatic rings. The van der Waals surface area contributed by atoms with Gasteiger partial charge in [0.2, 0.25) is 23.7 Å². The van der Waals surface area contributed by atoms with E-state index in [0.717, 1.165) is 11.0 Å². The molecule has 0 aliphatic carbocycles. The van der Waals surface area contributed by atoms with E-state index in [4.69, 9.17) is 22.7 Å². The first-order chi connectivity index (χ1) is 34.3. The predicted octanol–water partition coefficient (Wildman–Crippen LogP) is 1.02. The maximum Gasteiger partial charge on any atom is 0.326 e. The Bertz CT molecular complexity index is 2800. The number of fused-ring (bicyclic) bond motifs is 1. The highest BCUT2D eigenvalue weighted by Crippen LogP contribution is 2.26. The lowest BCUT2D eigenvalue weighted by Crippen LogP contribution is -2.53. The number of aromatic hydroxyl groups is 1. The second-order valence-corrected chi connectivity index (χ2v) is 16.7. The molecule has 0 saturated carbocycles. The van der Waals surface area contributed by atoms with Gasteiger partial charge in [-0.2, -0.15) is 9.97 Å². The minimum atomic E-state index is -1.39. The van der Waals surface area contributed by atoms with E-state index in [9.17, 15) is 48.6 Å². The Balaban J connectivity index is 1.09. The highest BCUT2D eigenvalue weighted by atomic mass is 16.4. The van der Waals surface area contributed by atoms with Crippen LogP contribution in [0.4, 0.5) is 23.1 Å². The summed E-state index contributed by atoms with van der Waals surface area (Å²) in [5, 5.41) is 51.4. The van der Waals surface area contributed by atoms with Crippen LogP contribution >= 0.6 is 0 Å². The first kappa shape index (κ1) is 53.8. The number of nitrogen functional groups attached to an aromatic ring is 2. The summed E-state index contributed by atoms with van der Waals surface area (Å²) in [6.45, 7) is 5.12. The van der Waals surface area contributed by atoms with Crippen LogP contribution in [0.15, 0.2) is 65.1 Å². The minimum absolute atomic E-state index is 0.0388. The molecular weight excluding hydrogens is 939 g/mol. The predicted molar refractivity (Wildman–Crippen MR) is 259 cm³/mol. The number of phenols is 1. The van der Waals surface area contributed by atoms with E-state index in [2.05, 4.69) is 62.2 Å². The first-order valence-electron chi connectivity index (χ1n) is 22.5. The molecule has 15 N–H and O–H groups in total. The number of carboxylic acid groups (broad SMARTS) is 1. The molecule has 0 spiro atoms. The number of phenolic OH excluding ortho intramolecular Hbond substituents is 1. The summed E-state index contributed by atoms with van der Waals surface area (Å²) in [7, 11) is 0. The third-order valence-corrected chi connectivity index (χ3v) is 10.9. The smallest absolute Gasteiger partial charge is 0.326 e. The van der Waals surface area contributed by atoms with Crippen molar-refractivity contribution in [3.8, 4) is 5.75 Å². The van der Waals surface area contributed by atoms with Crippen LogP contribution in [0.1, 0.15) is 91.3 Å². The summed E-state index contributed by atoms with van der Waals surface area (Å²) < 4.78 is 0.